The van der Waals surface area contributed by atoms with Gasteiger partial charge in [-0.3, -0.25) is 0 Å². The topological polar surface area (TPSA) is 39.9 Å². The zero-order chi connectivity index (χ0) is 37.0. The summed E-state index contributed by atoms with van der Waals surface area (Å²) in [7, 11) is 0. The fourth-order valence-corrected chi connectivity index (χ4v) is 8.49. The molecule has 0 radical (unpaired) electrons. The van der Waals surface area contributed by atoms with Gasteiger partial charge >= 0.3 is 0 Å². The molecule has 7 aromatic carbocycles. The monoisotopic (exact) mass is 717 g/mol. The summed E-state index contributed by atoms with van der Waals surface area (Å²) in [4.78, 5) is 10.4. The van der Waals surface area contributed by atoms with Gasteiger partial charge in [0.25, 0.3) is 0 Å². The number of ether oxygens (including phenoxy) is 1. The first-order valence-corrected chi connectivity index (χ1v) is 19.2. The van der Waals surface area contributed by atoms with Crippen LogP contribution < -0.4 is 4.74 Å². The summed E-state index contributed by atoms with van der Waals surface area (Å²) >= 11 is 0. The lowest BCUT2D eigenvalue weighted by molar-refractivity contribution is 0.425. The lowest BCUT2D eigenvalue weighted by atomic mass is 9.88. The Hall–Kier alpha value is -7.30. The van der Waals surface area contributed by atoms with Gasteiger partial charge in [0, 0.05) is 44.8 Å². The van der Waals surface area contributed by atoms with Crippen LogP contribution in [-0.4, -0.2) is 14.5 Å². The molecule has 264 valence electrons. The maximum Gasteiger partial charge on any atom is 0.160 e. The minimum atomic E-state index is 0.0435. The van der Waals surface area contributed by atoms with Crippen LogP contribution in [0.25, 0.3) is 83.7 Å². The van der Waals surface area contributed by atoms with Crippen molar-refractivity contribution in [2.24, 2.45) is 0 Å². The molecule has 1 unspecified atom stereocenters. The van der Waals surface area contributed by atoms with Gasteiger partial charge in [0.15, 0.2) is 5.82 Å². The van der Waals surface area contributed by atoms with Crippen molar-refractivity contribution in [2.45, 2.75) is 12.3 Å². The molecular formula is C52H35N3O. The lowest BCUT2D eigenvalue weighted by Crippen LogP contribution is -2.08. The second-order valence-corrected chi connectivity index (χ2v) is 14.5. The molecule has 2 aliphatic rings. The van der Waals surface area contributed by atoms with E-state index in [0.29, 0.717) is 5.82 Å². The van der Waals surface area contributed by atoms with Crippen molar-refractivity contribution < 1.29 is 4.74 Å². The van der Waals surface area contributed by atoms with E-state index in [4.69, 9.17) is 14.7 Å². The smallest absolute Gasteiger partial charge is 0.160 e. The highest BCUT2D eigenvalue weighted by molar-refractivity contribution is 6.12. The van der Waals surface area contributed by atoms with E-state index in [0.717, 1.165) is 57.3 Å². The zero-order valence-corrected chi connectivity index (χ0v) is 30.5. The molecule has 1 aliphatic carbocycles. The SMILES string of the molecule is C1=C2Oc3cccc(-c4nc(-c5ccccc5)cc(-c5ccccc5)n4)c3C2CC=C1n1c2cc(-c3ccccc3)ccc2c2ccc(-c3ccccc3)cc21. The highest BCUT2D eigenvalue weighted by atomic mass is 16.5. The van der Waals surface area contributed by atoms with Crippen LogP contribution in [0.3, 0.4) is 0 Å². The summed E-state index contributed by atoms with van der Waals surface area (Å²) < 4.78 is 9.22. The molecule has 11 rings (SSSR count). The van der Waals surface area contributed by atoms with E-state index in [-0.39, 0.29) is 5.92 Å². The summed E-state index contributed by atoms with van der Waals surface area (Å²) in [6.45, 7) is 0. The minimum absolute atomic E-state index is 0.0435. The van der Waals surface area contributed by atoms with Crippen molar-refractivity contribution >= 4 is 27.5 Å². The van der Waals surface area contributed by atoms with Crippen molar-refractivity contribution in [3.05, 3.63) is 205 Å². The Morgan fingerprint density at radius 2 is 1.00 bits per heavy atom. The Labute approximate surface area is 325 Å². The number of fused-ring (bicyclic) bond motifs is 6. The molecule has 0 saturated heterocycles. The van der Waals surface area contributed by atoms with Crippen LogP contribution >= 0.6 is 0 Å². The van der Waals surface area contributed by atoms with Crippen LogP contribution in [0.2, 0.25) is 0 Å². The molecule has 3 heterocycles. The van der Waals surface area contributed by atoms with E-state index in [9.17, 15) is 0 Å². The van der Waals surface area contributed by atoms with E-state index < -0.39 is 0 Å². The first-order valence-electron chi connectivity index (χ1n) is 19.2. The fourth-order valence-electron chi connectivity index (χ4n) is 8.49. The Bertz CT molecular complexity index is 2850. The summed E-state index contributed by atoms with van der Waals surface area (Å²) in [5.41, 5.74) is 14.3. The molecule has 0 amide bonds. The van der Waals surface area contributed by atoms with Gasteiger partial charge in [-0.2, -0.15) is 0 Å². The zero-order valence-electron chi connectivity index (χ0n) is 30.5. The van der Waals surface area contributed by atoms with Gasteiger partial charge in [0.05, 0.1) is 28.3 Å². The number of nitrogens with zero attached hydrogens (tertiary/aromatic N) is 3. The predicted molar refractivity (Wildman–Crippen MR) is 229 cm³/mol. The van der Waals surface area contributed by atoms with Crippen LogP contribution in [0, 0.1) is 0 Å². The summed E-state index contributed by atoms with van der Waals surface area (Å²) in [5.74, 6) is 2.55. The van der Waals surface area contributed by atoms with E-state index in [1.807, 2.05) is 12.1 Å². The summed E-state index contributed by atoms with van der Waals surface area (Å²) in [6, 6.07) is 64.0. The Balaban J connectivity index is 1.04. The number of benzene rings is 7. The average molecular weight is 718 g/mol. The summed E-state index contributed by atoms with van der Waals surface area (Å²) in [6.07, 6.45) is 5.41. The highest BCUT2D eigenvalue weighted by Crippen LogP contribution is 2.50. The normalized spacial score (nSPS) is 14.5. The third-order valence-electron chi connectivity index (χ3n) is 11.2. The van der Waals surface area contributed by atoms with Gasteiger partial charge in [-0.25, -0.2) is 9.97 Å². The van der Waals surface area contributed by atoms with Gasteiger partial charge in [0.2, 0.25) is 0 Å². The molecule has 0 N–H and O–H groups in total. The first kappa shape index (κ1) is 32.2. The Kier molecular flexibility index (Phi) is 7.59. The van der Waals surface area contributed by atoms with Crippen LogP contribution in [0.1, 0.15) is 17.9 Å². The van der Waals surface area contributed by atoms with E-state index in [1.54, 1.807) is 0 Å². The third-order valence-corrected chi connectivity index (χ3v) is 11.2. The average Bonchev–Trinajstić information content (AvgIpc) is 3.82. The number of allylic oxidation sites excluding steroid dienone is 4. The standard InChI is InChI=1S/C52H35N3O/c1-5-14-34(15-6-1)38-24-27-41-42-28-25-39(35-16-7-2-8-17-35)31-48(42)55(47(41)30-38)40-26-29-43-50(32-40)56-49-23-13-22-44(51(43)49)52-53-45(36-18-9-3-10-19-36)33-46(54-52)37-20-11-4-12-21-37/h1-28,30-33,43H,29H2. The van der Waals surface area contributed by atoms with Crippen LogP contribution in [0.15, 0.2) is 200 Å². The molecule has 9 aromatic rings. The maximum absolute atomic E-state index is 6.79. The van der Waals surface area contributed by atoms with Crippen molar-refractivity contribution in [3.63, 3.8) is 0 Å². The molecule has 0 saturated carbocycles. The molecule has 4 nitrogen and oxygen atoms in total. The van der Waals surface area contributed by atoms with E-state index in [2.05, 4.69) is 187 Å². The van der Waals surface area contributed by atoms with Gasteiger partial charge in [-0.15, -0.1) is 0 Å². The van der Waals surface area contributed by atoms with Crippen LogP contribution in [0.5, 0.6) is 5.75 Å². The molecule has 1 aliphatic heterocycles. The lowest BCUT2D eigenvalue weighted by Gasteiger charge is -2.20. The van der Waals surface area contributed by atoms with Gasteiger partial charge < -0.3 is 9.30 Å². The second-order valence-electron chi connectivity index (χ2n) is 14.5. The molecule has 0 fully saturated rings. The molecule has 2 aromatic heterocycles. The maximum atomic E-state index is 6.79. The Morgan fingerprint density at radius 1 is 0.482 bits per heavy atom. The number of hydrogen-bond acceptors (Lipinski definition) is 3. The fraction of sp³-hybridized carbons (Fsp3) is 0.0385. The van der Waals surface area contributed by atoms with Crippen molar-refractivity contribution in [1.29, 1.82) is 0 Å². The molecule has 0 spiro atoms. The molecular weight excluding hydrogens is 683 g/mol. The van der Waals surface area contributed by atoms with Gasteiger partial charge in [0.1, 0.15) is 11.5 Å². The second kappa shape index (κ2) is 13.2. The third kappa shape index (κ3) is 5.46. The summed E-state index contributed by atoms with van der Waals surface area (Å²) in [5, 5.41) is 2.45. The minimum Gasteiger partial charge on any atom is -0.461 e. The number of rotatable bonds is 6. The van der Waals surface area contributed by atoms with Crippen molar-refractivity contribution in [2.75, 3.05) is 0 Å². The first-order chi connectivity index (χ1) is 27.7. The molecule has 0 bridgehead atoms. The Morgan fingerprint density at radius 3 is 1.54 bits per heavy atom. The number of hydrogen-bond donors (Lipinski definition) is 0. The predicted octanol–water partition coefficient (Wildman–Crippen LogP) is 13.2. The molecule has 1 atom stereocenters. The van der Waals surface area contributed by atoms with Crippen LogP contribution in [0.4, 0.5) is 0 Å². The van der Waals surface area contributed by atoms with Crippen LogP contribution in [-0.2, 0) is 0 Å². The van der Waals surface area contributed by atoms with Gasteiger partial charge in [-0.05, 0) is 52.9 Å². The van der Waals surface area contributed by atoms with Crippen molar-refractivity contribution in [3.8, 4) is 61.9 Å². The van der Waals surface area contributed by atoms with Gasteiger partial charge in [-0.1, -0.05) is 164 Å². The highest BCUT2D eigenvalue weighted by Gasteiger charge is 2.35. The number of aromatic nitrogens is 3. The van der Waals surface area contributed by atoms with E-state index >= 15 is 0 Å². The van der Waals surface area contributed by atoms with E-state index in [1.165, 1.54) is 44.1 Å². The molecule has 56 heavy (non-hydrogen) atoms. The quantitative estimate of drug-likeness (QED) is 0.172. The van der Waals surface area contributed by atoms with Crippen molar-refractivity contribution in [1.82, 2.24) is 14.5 Å². The molecule has 4 heteroatoms. The largest absolute Gasteiger partial charge is 0.461 e.